The molecule has 0 spiro atoms. The van der Waals surface area contributed by atoms with Gasteiger partial charge < -0.3 is 9.94 Å². The van der Waals surface area contributed by atoms with Gasteiger partial charge in [-0.25, -0.2) is 0 Å². The van der Waals surface area contributed by atoms with Gasteiger partial charge in [-0.3, -0.25) is 0 Å². The summed E-state index contributed by atoms with van der Waals surface area (Å²) in [5.41, 5.74) is -0.238. The average molecular weight is 145 g/mol. The van der Waals surface area contributed by atoms with Crippen LogP contribution in [-0.4, -0.2) is 35.1 Å². The molecule has 1 fully saturated rings. The van der Waals surface area contributed by atoms with E-state index in [4.69, 9.17) is 4.74 Å². The molecule has 0 radical (unpaired) electrons. The van der Waals surface area contributed by atoms with Crippen LogP contribution in [0.1, 0.15) is 20.8 Å². The lowest BCUT2D eigenvalue weighted by Gasteiger charge is -2.42. The summed E-state index contributed by atoms with van der Waals surface area (Å²) in [5, 5.41) is 10.7. The van der Waals surface area contributed by atoms with E-state index >= 15 is 0 Å². The maximum absolute atomic E-state index is 9.36. The van der Waals surface area contributed by atoms with Gasteiger partial charge in [0.2, 0.25) is 0 Å². The predicted molar refractivity (Wildman–Crippen MR) is 38.0 cm³/mol. The molecule has 1 atom stereocenters. The van der Waals surface area contributed by atoms with E-state index < -0.39 is 0 Å². The lowest BCUT2D eigenvalue weighted by Crippen LogP contribution is -2.55. The van der Waals surface area contributed by atoms with Gasteiger partial charge in [-0.2, -0.15) is 5.06 Å². The van der Waals surface area contributed by atoms with E-state index in [1.165, 1.54) is 5.06 Å². The van der Waals surface area contributed by atoms with Crippen molar-refractivity contribution in [1.29, 1.82) is 0 Å². The summed E-state index contributed by atoms with van der Waals surface area (Å²) < 4.78 is 5.36. The van der Waals surface area contributed by atoms with Gasteiger partial charge in [-0.1, -0.05) is 0 Å². The third-order valence-corrected chi connectivity index (χ3v) is 2.33. The topological polar surface area (TPSA) is 32.7 Å². The number of rotatable bonds is 0. The van der Waals surface area contributed by atoms with Gasteiger partial charge in [-0.05, 0) is 20.8 Å². The van der Waals surface area contributed by atoms with Crippen LogP contribution in [0.2, 0.25) is 0 Å². The molecule has 1 aliphatic heterocycles. The highest BCUT2D eigenvalue weighted by atomic mass is 16.5. The second kappa shape index (κ2) is 2.49. The van der Waals surface area contributed by atoms with Crippen LogP contribution in [0.15, 0.2) is 0 Å². The zero-order valence-corrected chi connectivity index (χ0v) is 6.79. The third-order valence-electron chi connectivity index (χ3n) is 2.33. The van der Waals surface area contributed by atoms with E-state index in [2.05, 4.69) is 0 Å². The van der Waals surface area contributed by atoms with Crippen LogP contribution in [0.25, 0.3) is 0 Å². The Labute approximate surface area is 61.5 Å². The van der Waals surface area contributed by atoms with E-state index in [1.807, 2.05) is 20.8 Å². The molecule has 0 aromatic heterocycles. The molecule has 60 valence electrons. The van der Waals surface area contributed by atoms with Crippen LogP contribution in [0.4, 0.5) is 0 Å². The Morgan fingerprint density at radius 2 is 2.20 bits per heavy atom. The van der Waals surface area contributed by atoms with Crippen molar-refractivity contribution in [3.63, 3.8) is 0 Å². The Bertz CT molecular complexity index is 113. The summed E-state index contributed by atoms with van der Waals surface area (Å²) in [6.07, 6.45) is 0.103. The molecule has 0 saturated carbocycles. The minimum absolute atomic E-state index is 0.103. The minimum Gasteiger partial charge on any atom is -0.375 e. The number of hydrogen-bond donors (Lipinski definition) is 1. The van der Waals surface area contributed by atoms with Gasteiger partial charge >= 0.3 is 0 Å². The van der Waals surface area contributed by atoms with Crippen molar-refractivity contribution in [1.82, 2.24) is 5.06 Å². The standard InChI is InChI=1S/C7H15NO2/c1-6-7(2,3)8(9)4-5-10-6/h6,9H,4-5H2,1-3H3. The zero-order chi connectivity index (χ0) is 7.78. The summed E-state index contributed by atoms with van der Waals surface area (Å²) in [4.78, 5) is 0. The van der Waals surface area contributed by atoms with Crippen LogP contribution < -0.4 is 0 Å². The average Bonchev–Trinajstić information content (AvgIpc) is 1.84. The third kappa shape index (κ3) is 1.17. The Balaban J connectivity index is 2.63. The minimum atomic E-state index is -0.238. The summed E-state index contributed by atoms with van der Waals surface area (Å²) in [5.74, 6) is 0. The molecule has 0 aliphatic carbocycles. The SMILES string of the molecule is CC1OCCN(O)C1(C)C. The van der Waals surface area contributed by atoms with Crippen molar-refractivity contribution in [2.75, 3.05) is 13.2 Å². The molecule has 1 unspecified atom stereocenters. The van der Waals surface area contributed by atoms with Crippen LogP contribution in [0, 0.1) is 0 Å². The molecule has 3 nitrogen and oxygen atoms in total. The number of ether oxygens (including phenoxy) is 1. The van der Waals surface area contributed by atoms with Crippen molar-refractivity contribution >= 4 is 0 Å². The summed E-state index contributed by atoms with van der Waals surface area (Å²) >= 11 is 0. The van der Waals surface area contributed by atoms with Crippen LogP contribution >= 0.6 is 0 Å². The largest absolute Gasteiger partial charge is 0.375 e. The molecule has 0 bridgehead atoms. The molecule has 1 saturated heterocycles. The van der Waals surface area contributed by atoms with Gasteiger partial charge in [0.15, 0.2) is 0 Å². The fourth-order valence-electron chi connectivity index (χ4n) is 1.02. The van der Waals surface area contributed by atoms with E-state index in [0.717, 1.165) is 0 Å². The molecule has 1 N–H and O–H groups in total. The Kier molecular flexibility index (Phi) is 1.99. The van der Waals surface area contributed by atoms with Crippen molar-refractivity contribution in [2.24, 2.45) is 0 Å². The normalized spacial score (nSPS) is 34.2. The zero-order valence-electron chi connectivity index (χ0n) is 6.79. The second-order valence-electron chi connectivity index (χ2n) is 3.29. The van der Waals surface area contributed by atoms with Crippen LogP contribution in [-0.2, 0) is 4.74 Å². The summed E-state index contributed by atoms with van der Waals surface area (Å²) in [7, 11) is 0. The Morgan fingerprint density at radius 3 is 2.60 bits per heavy atom. The number of morpholine rings is 1. The van der Waals surface area contributed by atoms with Gasteiger partial charge in [0.25, 0.3) is 0 Å². The van der Waals surface area contributed by atoms with Gasteiger partial charge in [0.05, 0.1) is 18.2 Å². The highest BCUT2D eigenvalue weighted by molar-refractivity contribution is 4.85. The van der Waals surface area contributed by atoms with Crippen molar-refractivity contribution in [3.8, 4) is 0 Å². The first kappa shape index (κ1) is 7.98. The number of nitrogens with zero attached hydrogens (tertiary/aromatic N) is 1. The molecule has 1 heterocycles. The molecule has 10 heavy (non-hydrogen) atoms. The summed E-state index contributed by atoms with van der Waals surface area (Å²) in [6, 6.07) is 0. The highest BCUT2D eigenvalue weighted by Gasteiger charge is 2.35. The molecule has 0 aromatic carbocycles. The maximum atomic E-state index is 9.36. The molecule has 0 amide bonds. The molecule has 3 heteroatoms. The van der Waals surface area contributed by atoms with E-state index in [1.54, 1.807) is 0 Å². The highest BCUT2D eigenvalue weighted by Crippen LogP contribution is 2.22. The fourth-order valence-corrected chi connectivity index (χ4v) is 1.02. The van der Waals surface area contributed by atoms with Gasteiger partial charge in [0.1, 0.15) is 0 Å². The number of hydrogen-bond acceptors (Lipinski definition) is 3. The maximum Gasteiger partial charge on any atom is 0.0748 e. The lowest BCUT2D eigenvalue weighted by atomic mass is 9.97. The molecule has 1 aliphatic rings. The van der Waals surface area contributed by atoms with E-state index in [0.29, 0.717) is 13.2 Å². The smallest absolute Gasteiger partial charge is 0.0748 e. The van der Waals surface area contributed by atoms with Crippen LogP contribution in [0.3, 0.4) is 0 Å². The van der Waals surface area contributed by atoms with Crippen LogP contribution in [0.5, 0.6) is 0 Å². The van der Waals surface area contributed by atoms with E-state index in [9.17, 15) is 5.21 Å². The van der Waals surface area contributed by atoms with Gasteiger partial charge in [-0.15, -0.1) is 0 Å². The molecule has 1 rings (SSSR count). The second-order valence-corrected chi connectivity index (χ2v) is 3.29. The molecular formula is C7H15NO2. The Hall–Kier alpha value is -0.120. The quantitative estimate of drug-likeness (QED) is 0.549. The van der Waals surface area contributed by atoms with Gasteiger partial charge in [0, 0.05) is 6.54 Å². The fraction of sp³-hybridized carbons (Fsp3) is 1.00. The molecular weight excluding hydrogens is 130 g/mol. The monoisotopic (exact) mass is 145 g/mol. The first-order valence-corrected chi connectivity index (χ1v) is 3.63. The Morgan fingerprint density at radius 1 is 1.60 bits per heavy atom. The first-order valence-electron chi connectivity index (χ1n) is 3.63. The summed E-state index contributed by atoms with van der Waals surface area (Å²) in [6.45, 7) is 7.15. The van der Waals surface area contributed by atoms with Crippen molar-refractivity contribution in [2.45, 2.75) is 32.4 Å². The lowest BCUT2D eigenvalue weighted by molar-refractivity contribution is -0.240. The number of hydroxylamine groups is 2. The van der Waals surface area contributed by atoms with Crippen molar-refractivity contribution < 1.29 is 9.94 Å². The van der Waals surface area contributed by atoms with Crippen molar-refractivity contribution in [3.05, 3.63) is 0 Å². The van der Waals surface area contributed by atoms with E-state index in [-0.39, 0.29) is 11.6 Å². The first-order chi connectivity index (χ1) is 4.55. The molecule has 0 aromatic rings. The predicted octanol–water partition coefficient (Wildman–Crippen LogP) is 0.875.